The Bertz CT molecular complexity index is 754. The molecule has 107 valence electrons. The molecule has 0 saturated heterocycles. The summed E-state index contributed by atoms with van der Waals surface area (Å²) < 4.78 is 22.0. The van der Waals surface area contributed by atoms with Crippen LogP contribution in [0.3, 0.4) is 0 Å². The van der Waals surface area contributed by atoms with Gasteiger partial charge >= 0.3 is 0 Å². The highest BCUT2D eigenvalue weighted by Crippen LogP contribution is 2.09. The van der Waals surface area contributed by atoms with Crippen molar-refractivity contribution in [3.8, 4) is 0 Å². The Hall–Kier alpha value is -2.38. The fraction of sp³-hybridized carbons (Fsp3) is 0.0714. The molecule has 1 aromatic carbocycles. The summed E-state index contributed by atoms with van der Waals surface area (Å²) in [5, 5.41) is 6.93. The van der Waals surface area contributed by atoms with Crippen LogP contribution in [0.4, 0.5) is 0 Å². The topological polar surface area (TPSA) is 100 Å². The maximum absolute atomic E-state index is 11.7. The van der Waals surface area contributed by atoms with Crippen LogP contribution in [0.5, 0.6) is 0 Å². The van der Waals surface area contributed by atoms with Crippen molar-refractivity contribution >= 4 is 22.1 Å². The SMILES string of the molecule is [NH]S(=O)(=O)c1ccc(CC=NC(=O)c2ccccn2)cc1. The Morgan fingerprint density at radius 1 is 1.19 bits per heavy atom. The first kappa shape index (κ1) is 15.0. The van der Waals surface area contributed by atoms with E-state index in [1.54, 1.807) is 30.3 Å². The molecule has 2 rings (SSSR count). The van der Waals surface area contributed by atoms with E-state index in [2.05, 4.69) is 9.98 Å². The predicted molar refractivity (Wildman–Crippen MR) is 77.5 cm³/mol. The van der Waals surface area contributed by atoms with E-state index in [0.717, 1.165) is 5.56 Å². The van der Waals surface area contributed by atoms with Crippen molar-refractivity contribution in [2.24, 2.45) is 4.99 Å². The quantitative estimate of drug-likeness (QED) is 0.799. The van der Waals surface area contributed by atoms with Crippen LogP contribution in [-0.4, -0.2) is 25.5 Å². The summed E-state index contributed by atoms with van der Waals surface area (Å²) in [5.74, 6) is -0.430. The smallest absolute Gasteiger partial charge is 0.265 e. The van der Waals surface area contributed by atoms with Crippen molar-refractivity contribution in [1.29, 1.82) is 0 Å². The van der Waals surface area contributed by atoms with Crippen LogP contribution in [0.1, 0.15) is 16.1 Å². The molecule has 0 aliphatic heterocycles. The van der Waals surface area contributed by atoms with Gasteiger partial charge in [0.25, 0.3) is 15.9 Å². The largest absolute Gasteiger partial charge is 0.295 e. The van der Waals surface area contributed by atoms with E-state index in [4.69, 9.17) is 5.14 Å². The van der Waals surface area contributed by atoms with Gasteiger partial charge in [-0.25, -0.2) is 13.4 Å². The number of carbonyl (C=O) groups excluding carboxylic acids is 1. The Morgan fingerprint density at radius 3 is 2.48 bits per heavy atom. The Morgan fingerprint density at radius 2 is 1.90 bits per heavy atom. The van der Waals surface area contributed by atoms with Gasteiger partial charge in [0.2, 0.25) is 0 Å². The molecule has 0 atom stereocenters. The molecule has 0 aliphatic carbocycles. The second-order valence-corrected chi connectivity index (χ2v) is 5.66. The molecule has 6 nitrogen and oxygen atoms in total. The average Bonchev–Trinajstić information content (AvgIpc) is 2.47. The highest BCUT2D eigenvalue weighted by molar-refractivity contribution is 7.88. The molecule has 0 bridgehead atoms. The number of hydrogen-bond donors (Lipinski definition) is 0. The lowest BCUT2D eigenvalue weighted by Gasteiger charge is -1.99. The van der Waals surface area contributed by atoms with E-state index in [-0.39, 0.29) is 10.6 Å². The van der Waals surface area contributed by atoms with Gasteiger partial charge in [0, 0.05) is 18.8 Å². The molecule has 0 saturated carbocycles. The summed E-state index contributed by atoms with van der Waals surface area (Å²) in [6.45, 7) is 0. The number of amides is 1. The van der Waals surface area contributed by atoms with E-state index in [1.807, 2.05) is 0 Å². The maximum atomic E-state index is 11.7. The second kappa shape index (κ2) is 6.38. The molecule has 1 N–H and O–H groups in total. The average molecular weight is 302 g/mol. The molecule has 0 aliphatic rings. The number of sulfonamides is 1. The van der Waals surface area contributed by atoms with Crippen molar-refractivity contribution < 1.29 is 13.2 Å². The fourth-order valence-corrected chi connectivity index (χ4v) is 2.09. The number of nitrogens with zero attached hydrogens (tertiary/aromatic N) is 2. The molecular formula is C14H12N3O3S. The first-order chi connectivity index (χ1) is 9.97. The Balaban J connectivity index is 2.00. The summed E-state index contributed by atoms with van der Waals surface area (Å²) in [6, 6.07) is 10.9. The number of pyridine rings is 1. The van der Waals surface area contributed by atoms with Gasteiger partial charge in [-0.3, -0.25) is 9.78 Å². The summed E-state index contributed by atoms with van der Waals surface area (Å²) in [7, 11) is -3.94. The van der Waals surface area contributed by atoms with Crippen LogP contribution >= 0.6 is 0 Å². The monoisotopic (exact) mass is 302 g/mol. The van der Waals surface area contributed by atoms with Crippen molar-refractivity contribution in [3.05, 3.63) is 59.9 Å². The van der Waals surface area contributed by atoms with Crippen LogP contribution in [0, 0.1) is 0 Å². The number of benzene rings is 1. The zero-order valence-electron chi connectivity index (χ0n) is 10.9. The van der Waals surface area contributed by atoms with Crippen molar-refractivity contribution in [3.63, 3.8) is 0 Å². The third-order valence-corrected chi connectivity index (χ3v) is 3.55. The van der Waals surface area contributed by atoms with Crippen LogP contribution in [0.25, 0.3) is 0 Å². The molecule has 1 radical (unpaired) electrons. The summed E-state index contributed by atoms with van der Waals surface area (Å²) in [4.78, 5) is 19.3. The number of rotatable bonds is 4. The molecule has 1 amide bonds. The lowest BCUT2D eigenvalue weighted by Crippen LogP contribution is -2.01. The molecule has 0 unspecified atom stereocenters. The summed E-state index contributed by atoms with van der Waals surface area (Å²) in [6.07, 6.45) is 3.35. The van der Waals surface area contributed by atoms with Crippen molar-refractivity contribution in [2.75, 3.05) is 0 Å². The van der Waals surface area contributed by atoms with E-state index in [0.29, 0.717) is 6.42 Å². The predicted octanol–water partition coefficient (Wildman–Crippen LogP) is 1.51. The van der Waals surface area contributed by atoms with Gasteiger partial charge < -0.3 is 0 Å². The zero-order chi connectivity index (χ0) is 15.3. The van der Waals surface area contributed by atoms with Gasteiger partial charge in [-0.15, -0.1) is 5.14 Å². The molecule has 1 heterocycles. The molecule has 2 aromatic rings. The number of carbonyl (C=O) groups is 1. The third-order valence-electron chi connectivity index (χ3n) is 2.65. The van der Waals surface area contributed by atoms with Gasteiger partial charge in [0.05, 0.1) is 4.90 Å². The minimum atomic E-state index is -3.94. The molecular weight excluding hydrogens is 290 g/mol. The van der Waals surface area contributed by atoms with Crippen molar-refractivity contribution in [1.82, 2.24) is 10.1 Å². The number of aliphatic imine (C=N–C) groups is 1. The molecule has 0 spiro atoms. The van der Waals surface area contributed by atoms with Crippen molar-refractivity contribution in [2.45, 2.75) is 11.3 Å². The number of nitrogens with one attached hydrogen (secondary N) is 1. The minimum Gasteiger partial charge on any atom is -0.265 e. The highest BCUT2D eigenvalue weighted by atomic mass is 32.2. The van der Waals surface area contributed by atoms with Crippen LogP contribution in [0.15, 0.2) is 58.5 Å². The third kappa shape index (κ3) is 4.30. The lowest BCUT2D eigenvalue weighted by molar-refractivity contribution is 0.0998. The first-order valence-corrected chi connectivity index (χ1v) is 7.51. The van der Waals surface area contributed by atoms with Crippen LogP contribution in [-0.2, 0) is 16.4 Å². The summed E-state index contributed by atoms with van der Waals surface area (Å²) in [5.41, 5.74) is 1.06. The van der Waals surface area contributed by atoms with Crippen LogP contribution in [0.2, 0.25) is 0 Å². The Kier molecular flexibility index (Phi) is 4.56. The lowest BCUT2D eigenvalue weighted by atomic mass is 10.2. The first-order valence-electron chi connectivity index (χ1n) is 6.03. The van der Waals surface area contributed by atoms with Gasteiger partial charge in [0.15, 0.2) is 0 Å². The zero-order valence-corrected chi connectivity index (χ0v) is 11.7. The second-order valence-electron chi connectivity index (χ2n) is 4.18. The van der Waals surface area contributed by atoms with E-state index >= 15 is 0 Å². The van der Waals surface area contributed by atoms with Gasteiger partial charge in [-0.05, 0) is 29.8 Å². The molecule has 7 heteroatoms. The maximum Gasteiger partial charge on any atom is 0.295 e. The molecule has 0 fully saturated rings. The summed E-state index contributed by atoms with van der Waals surface area (Å²) >= 11 is 0. The standard InChI is InChI=1S/C14H12N3O3S/c15-21(19,20)12-6-4-11(5-7-12)8-10-17-14(18)13-3-1-2-9-16-13/h1-7,9-10,15H,8H2. The minimum absolute atomic E-state index is 0.0623. The fourth-order valence-electron chi connectivity index (χ4n) is 1.59. The van der Waals surface area contributed by atoms with Gasteiger partial charge in [0.1, 0.15) is 5.69 Å². The molecule has 21 heavy (non-hydrogen) atoms. The van der Waals surface area contributed by atoms with E-state index in [9.17, 15) is 13.2 Å². The number of aromatic nitrogens is 1. The Labute approximate surface area is 122 Å². The number of hydrogen-bond acceptors (Lipinski definition) is 4. The molecule has 1 aromatic heterocycles. The van der Waals surface area contributed by atoms with Crippen LogP contribution < -0.4 is 5.14 Å². The van der Waals surface area contributed by atoms with E-state index < -0.39 is 15.9 Å². The van der Waals surface area contributed by atoms with Gasteiger partial charge in [-0.1, -0.05) is 18.2 Å². The normalized spacial score (nSPS) is 11.7. The van der Waals surface area contributed by atoms with Gasteiger partial charge in [-0.2, -0.15) is 0 Å². The highest BCUT2D eigenvalue weighted by Gasteiger charge is 2.07. The van der Waals surface area contributed by atoms with E-state index in [1.165, 1.54) is 24.5 Å².